The van der Waals surface area contributed by atoms with Gasteiger partial charge in [0, 0.05) is 28.9 Å². The van der Waals surface area contributed by atoms with Crippen LogP contribution in [0.2, 0.25) is 0 Å². The molecule has 0 saturated carbocycles. The molecule has 0 N–H and O–H groups in total. The van der Waals surface area contributed by atoms with Gasteiger partial charge in [0.05, 0.1) is 23.9 Å². The quantitative estimate of drug-likeness (QED) is 0.607. The highest BCUT2D eigenvalue weighted by atomic mass is 16.5. The molecule has 0 unspecified atom stereocenters. The zero-order valence-electron chi connectivity index (χ0n) is 15.2. The van der Waals surface area contributed by atoms with E-state index in [4.69, 9.17) is 4.74 Å². The molecule has 0 radical (unpaired) electrons. The van der Waals surface area contributed by atoms with Crippen molar-refractivity contribution in [2.24, 2.45) is 0 Å². The van der Waals surface area contributed by atoms with Gasteiger partial charge in [-0.1, -0.05) is 19.9 Å². The largest absolute Gasteiger partial charge is 0.491 e. The fourth-order valence-electron chi connectivity index (χ4n) is 3.29. The minimum absolute atomic E-state index is 0.103. The van der Waals surface area contributed by atoms with Crippen LogP contribution in [0, 0.1) is 0 Å². The normalized spacial score (nSPS) is 11.4. The van der Waals surface area contributed by atoms with Crippen LogP contribution in [0.25, 0.3) is 10.9 Å². The molecule has 3 rings (SSSR count). The number of rotatable bonds is 6. The third kappa shape index (κ3) is 3.43. The van der Waals surface area contributed by atoms with Gasteiger partial charge < -0.3 is 9.30 Å². The second-order valence-electron chi connectivity index (χ2n) is 6.82. The Kier molecular flexibility index (Phi) is 4.88. The predicted molar refractivity (Wildman–Crippen MR) is 101 cm³/mol. The van der Waals surface area contributed by atoms with Crippen LogP contribution in [0.5, 0.6) is 5.75 Å². The highest BCUT2D eigenvalue weighted by Gasteiger charge is 2.20. The molecule has 25 heavy (non-hydrogen) atoms. The van der Waals surface area contributed by atoms with Crippen molar-refractivity contribution in [3.8, 4) is 5.75 Å². The summed E-state index contributed by atoms with van der Waals surface area (Å²) in [4.78, 5) is 16.3. The van der Waals surface area contributed by atoms with Gasteiger partial charge in [-0.3, -0.25) is 9.78 Å². The van der Waals surface area contributed by atoms with E-state index in [0.29, 0.717) is 6.54 Å². The maximum absolute atomic E-state index is 11.8. The third-order valence-electron chi connectivity index (χ3n) is 4.20. The van der Waals surface area contributed by atoms with Gasteiger partial charge in [-0.25, -0.2) is 0 Å². The summed E-state index contributed by atoms with van der Waals surface area (Å²) in [6.45, 7) is 8.87. The van der Waals surface area contributed by atoms with Crippen molar-refractivity contribution >= 4 is 17.2 Å². The van der Waals surface area contributed by atoms with Crippen molar-refractivity contribution in [2.45, 2.75) is 46.3 Å². The Bertz CT molecular complexity index is 880. The zero-order valence-corrected chi connectivity index (χ0v) is 15.2. The molecular formula is C21H24N2O2. The van der Waals surface area contributed by atoms with Gasteiger partial charge in [0.2, 0.25) is 0 Å². The van der Waals surface area contributed by atoms with Gasteiger partial charge in [0.25, 0.3) is 0 Å². The van der Waals surface area contributed by atoms with Crippen LogP contribution in [-0.4, -0.2) is 21.9 Å². The SMILES string of the molecule is CC(C)Oc1ccc2c(C=O)c(C(C)C)n(Cc3ccccn3)c2c1. The number of carbonyl (C=O) groups excluding carboxylic acids is 1. The van der Waals surface area contributed by atoms with Crippen LogP contribution >= 0.6 is 0 Å². The van der Waals surface area contributed by atoms with Crippen LogP contribution < -0.4 is 4.74 Å². The third-order valence-corrected chi connectivity index (χ3v) is 4.20. The van der Waals surface area contributed by atoms with Crippen molar-refractivity contribution in [2.75, 3.05) is 0 Å². The maximum atomic E-state index is 11.8. The fraction of sp³-hybridized carbons (Fsp3) is 0.333. The van der Waals surface area contributed by atoms with Gasteiger partial charge in [0.15, 0.2) is 6.29 Å². The van der Waals surface area contributed by atoms with E-state index < -0.39 is 0 Å². The molecule has 0 amide bonds. The average molecular weight is 336 g/mol. The molecule has 3 aromatic rings. The maximum Gasteiger partial charge on any atom is 0.152 e. The second kappa shape index (κ2) is 7.09. The first-order chi connectivity index (χ1) is 12.0. The van der Waals surface area contributed by atoms with E-state index in [-0.39, 0.29) is 12.0 Å². The number of hydrogen-bond donors (Lipinski definition) is 0. The molecule has 0 bridgehead atoms. The Morgan fingerprint density at radius 3 is 2.56 bits per heavy atom. The van der Waals surface area contributed by atoms with E-state index in [1.54, 1.807) is 6.20 Å². The van der Waals surface area contributed by atoms with Crippen molar-refractivity contribution in [1.29, 1.82) is 0 Å². The second-order valence-corrected chi connectivity index (χ2v) is 6.82. The lowest BCUT2D eigenvalue weighted by molar-refractivity contribution is 0.112. The Morgan fingerprint density at radius 1 is 1.16 bits per heavy atom. The van der Waals surface area contributed by atoms with E-state index in [0.717, 1.165) is 39.9 Å². The Balaban J connectivity index is 2.22. The number of fused-ring (bicyclic) bond motifs is 1. The summed E-state index contributed by atoms with van der Waals surface area (Å²) in [6, 6.07) is 11.8. The first-order valence-corrected chi connectivity index (χ1v) is 8.69. The van der Waals surface area contributed by atoms with Gasteiger partial charge in [-0.2, -0.15) is 0 Å². The minimum atomic E-state index is 0.103. The molecule has 0 saturated heterocycles. The first-order valence-electron chi connectivity index (χ1n) is 8.69. The van der Waals surface area contributed by atoms with E-state index in [1.165, 1.54) is 0 Å². The Morgan fingerprint density at radius 2 is 1.96 bits per heavy atom. The first kappa shape index (κ1) is 17.2. The predicted octanol–water partition coefficient (Wildman–Crippen LogP) is 4.81. The molecule has 130 valence electrons. The lowest BCUT2D eigenvalue weighted by Gasteiger charge is -2.14. The Hall–Kier alpha value is -2.62. The van der Waals surface area contributed by atoms with E-state index in [9.17, 15) is 4.79 Å². The van der Waals surface area contributed by atoms with Crippen LogP contribution in [0.15, 0.2) is 42.6 Å². The smallest absolute Gasteiger partial charge is 0.152 e. The Labute approximate surface area is 148 Å². The van der Waals surface area contributed by atoms with E-state index >= 15 is 0 Å². The van der Waals surface area contributed by atoms with Crippen LogP contribution in [0.1, 0.15) is 55.4 Å². The van der Waals surface area contributed by atoms with E-state index in [1.807, 2.05) is 50.2 Å². The number of pyridine rings is 1. The molecule has 0 aliphatic heterocycles. The molecule has 4 heteroatoms. The molecule has 4 nitrogen and oxygen atoms in total. The van der Waals surface area contributed by atoms with Crippen molar-refractivity contribution in [3.05, 3.63) is 59.5 Å². The van der Waals surface area contributed by atoms with Crippen LogP contribution in [0.3, 0.4) is 0 Å². The number of benzene rings is 1. The minimum Gasteiger partial charge on any atom is -0.491 e. The number of aromatic nitrogens is 2. The molecule has 0 spiro atoms. The van der Waals surface area contributed by atoms with Gasteiger partial charge in [-0.15, -0.1) is 0 Å². The van der Waals surface area contributed by atoms with Crippen LogP contribution in [-0.2, 0) is 6.54 Å². The molecule has 1 aromatic carbocycles. The topological polar surface area (TPSA) is 44.1 Å². The number of nitrogens with zero attached hydrogens (tertiary/aromatic N) is 2. The fourth-order valence-corrected chi connectivity index (χ4v) is 3.29. The molecule has 2 aromatic heterocycles. The highest BCUT2D eigenvalue weighted by Crippen LogP contribution is 2.33. The summed E-state index contributed by atoms with van der Waals surface area (Å²) in [5.74, 6) is 1.04. The van der Waals surface area contributed by atoms with Crippen molar-refractivity contribution < 1.29 is 9.53 Å². The average Bonchev–Trinajstić information content (AvgIpc) is 2.88. The van der Waals surface area contributed by atoms with Gasteiger partial charge in [-0.05, 0) is 44.0 Å². The zero-order chi connectivity index (χ0) is 18.0. The lowest BCUT2D eigenvalue weighted by Crippen LogP contribution is -2.09. The molecular weight excluding hydrogens is 312 g/mol. The van der Waals surface area contributed by atoms with Crippen molar-refractivity contribution in [3.63, 3.8) is 0 Å². The molecule has 2 heterocycles. The molecule has 0 aliphatic rings. The summed E-state index contributed by atoms with van der Waals surface area (Å²) in [7, 11) is 0. The monoisotopic (exact) mass is 336 g/mol. The lowest BCUT2D eigenvalue weighted by atomic mass is 10.0. The van der Waals surface area contributed by atoms with Gasteiger partial charge >= 0.3 is 0 Å². The molecule has 0 atom stereocenters. The molecule has 0 fully saturated rings. The van der Waals surface area contributed by atoms with Crippen LogP contribution in [0.4, 0.5) is 0 Å². The summed E-state index contributed by atoms with van der Waals surface area (Å²) in [5, 5.41) is 0.964. The number of carbonyl (C=O) groups is 1. The number of aldehydes is 1. The number of ether oxygens (including phenoxy) is 1. The summed E-state index contributed by atoms with van der Waals surface area (Å²) < 4.78 is 8.05. The summed E-state index contributed by atoms with van der Waals surface area (Å²) in [6.07, 6.45) is 2.87. The summed E-state index contributed by atoms with van der Waals surface area (Å²) in [5.41, 5.74) is 3.78. The summed E-state index contributed by atoms with van der Waals surface area (Å²) >= 11 is 0. The molecule has 0 aliphatic carbocycles. The highest BCUT2D eigenvalue weighted by molar-refractivity contribution is 6.00. The van der Waals surface area contributed by atoms with Gasteiger partial charge in [0.1, 0.15) is 5.75 Å². The number of hydrogen-bond acceptors (Lipinski definition) is 3. The standard InChI is InChI=1S/C21H24N2O2/c1-14(2)21-19(13-24)18-9-8-17(25-15(3)4)11-20(18)23(21)12-16-7-5-6-10-22-16/h5-11,13-15H,12H2,1-4H3. The van der Waals surface area contributed by atoms with E-state index in [2.05, 4.69) is 23.4 Å². The van der Waals surface area contributed by atoms with Crippen molar-refractivity contribution in [1.82, 2.24) is 9.55 Å².